The van der Waals surface area contributed by atoms with Crippen molar-refractivity contribution in [3.8, 4) is 11.3 Å². The fourth-order valence-corrected chi connectivity index (χ4v) is 3.96. The third-order valence-electron chi connectivity index (χ3n) is 4.05. The maximum atomic E-state index is 11.3. The molecule has 0 saturated carbocycles. The number of halogens is 2. The maximum absolute atomic E-state index is 11.3. The molecule has 0 unspecified atom stereocenters. The number of carboxylic acids is 1. The molecule has 0 atom stereocenters. The van der Waals surface area contributed by atoms with Gasteiger partial charge in [-0.1, -0.05) is 67.4 Å². The molecule has 3 rings (SSSR count). The van der Waals surface area contributed by atoms with Crippen molar-refractivity contribution >= 4 is 51.3 Å². The fourth-order valence-electron chi connectivity index (χ4n) is 2.63. The second-order valence-electron chi connectivity index (χ2n) is 6.36. The molecule has 0 fully saturated rings. The van der Waals surface area contributed by atoms with Crippen molar-refractivity contribution in [3.63, 3.8) is 0 Å². The van der Waals surface area contributed by atoms with E-state index < -0.39 is 5.97 Å². The average Bonchev–Trinajstić information content (AvgIpc) is 3.00. The molecule has 7 heteroatoms. The van der Waals surface area contributed by atoms with Gasteiger partial charge in [0.2, 0.25) is 0 Å². The Balaban J connectivity index is 1.97. The molecular weight excluding hydrogens is 403 g/mol. The Labute approximate surface area is 171 Å². The lowest BCUT2D eigenvalue weighted by Gasteiger charge is -2.07. The Hall–Kier alpha value is -2.08. The molecule has 0 spiro atoms. The first-order valence-electron chi connectivity index (χ1n) is 8.38. The molecular formula is C20H18Cl2N2O2S. The van der Waals surface area contributed by atoms with Crippen LogP contribution in [0.25, 0.3) is 11.3 Å². The minimum absolute atomic E-state index is 0.0934. The first-order valence-corrected chi connectivity index (χ1v) is 9.95. The highest BCUT2D eigenvalue weighted by atomic mass is 35.5. The molecule has 0 saturated heterocycles. The molecule has 0 bridgehead atoms. The largest absolute Gasteiger partial charge is 0.481 e. The summed E-state index contributed by atoms with van der Waals surface area (Å²) in [5.41, 5.74) is 3.40. The van der Waals surface area contributed by atoms with E-state index >= 15 is 0 Å². The van der Waals surface area contributed by atoms with Crippen molar-refractivity contribution in [1.82, 2.24) is 4.98 Å². The SMILES string of the molecule is CC(C)c1ccc(-c2nc(Nc3cccc(Cl)c3Cl)sc2CC(=O)O)cc1. The van der Waals surface area contributed by atoms with Gasteiger partial charge in [0.1, 0.15) is 0 Å². The summed E-state index contributed by atoms with van der Waals surface area (Å²) in [6.07, 6.45) is -0.0934. The van der Waals surface area contributed by atoms with Crippen molar-refractivity contribution in [2.75, 3.05) is 5.32 Å². The van der Waals surface area contributed by atoms with Gasteiger partial charge in [-0.25, -0.2) is 4.98 Å². The summed E-state index contributed by atoms with van der Waals surface area (Å²) in [6, 6.07) is 13.3. The summed E-state index contributed by atoms with van der Waals surface area (Å²) in [6.45, 7) is 4.26. The van der Waals surface area contributed by atoms with Gasteiger partial charge in [-0.15, -0.1) is 11.3 Å². The van der Waals surface area contributed by atoms with E-state index in [0.717, 1.165) is 5.56 Å². The first kappa shape index (κ1) is 19.7. The third-order valence-corrected chi connectivity index (χ3v) is 5.84. The number of rotatable bonds is 6. The summed E-state index contributed by atoms with van der Waals surface area (Å²) in [7, 11) is 0. The van der Waals surface area contributed by atoms with Gasteiger partial charge in [0.25, 0.3) is 0 Å². The zero-order chi connectivity index (χ0) is 19.6. The van der Waals surface area contributed by atoms with Crippen molar-refractivity contribution in [3.05, 3.63) is 63.0 Å². The van der Waals surface area contributed by atoms with Crippen molar-refractivity contribution in [2.45, 2.75) is 26.2 Å². The van der Waals surface area contributed by atoms with Gasteiger partial charge < -0.3 is 10.4 Å². The molecule has 0 aliphatic rings. The highest BCUT2D eigenvalue weighted by Crippen LogP contribution is 2.36. The molecule has 1 aromatic heterocycles. The number of carboxylic acid groups (broad SMARTS) is 1. The number of nitrogens with one attached hydrogen (secondary N) is 1. The number of benzene rings is 2. The summed E-state index contributed by atoms with van der Waals surface area (Å²) in [5.74, 6) is -0.471. The second kappa shape index (κ2) is 8.30. The van der Waals surface area contributed by atoms with Gasteiger partial charge >= 0.3 is 5.97 Å². The van der Waals surface area contributed by atoms with Crippen LogP contribution in [0.3, 0.4) is 0 Å². The number of thiazole rings is 1. The summed E-state index contributed by atoms with van der Waals surface area (Å²) in [5, 5.41) is 13.8. The number of aromatic nitrogens is 1. The molecule has 27 heavy (non-hydrogen) atoms. The van der Waals surface area contributed by atoms with E-state index in [9.17, 15) is 9.90 Å². The predicted octanol–water partition coefficient (Wildman–Crippen LogP) is 6.61. The first-order chi connectivity index (χ1) is 12.8. The van der Waals surface area contributed by atoms with E-state index in [2.05, 4.69) is 24.1 Å². The molecule has 2 aromatic carbocycles. The molecule has 0 aliphatic heterocycles. The zero-order valence-electron chi connectivity index (χ0n) is 14.8. The molecule has 3 aromatic rings. The van der Waals surface area contributed by atoms with Crippen LogP contribution in [-0.4, -0.2) is 16.1 Å². The predicted molar refractivity (Wildman–Crippen MR) is 113 cm³/mol. The van der Waals surface area contributed by atoms with E-state index in [1.807, 2.05) is 24.3 Å². The van der Waals surface area contributed by atoms with Gasteiger partial charge in [-0.05, 0) is 23.6 Å². The van der Waals surface area contributed by atoms with Gasteiger partial charge in [0.15, 0.2) is 5.13 Å². The highest BCUT2D eigenvalue weighted by molar-refractivity contribution is 7.16. The van der Waals surface area contributed by atoms with Crippen molar-refractivity contribution in [1.29, 1.82) is 0 Å². The summed E-state index contributed by atoms with van der Waals surface area (Å²) < 4.78 is 0. The van der Waals surface area contributed by atoms with E-state index in [4.69, 9.17) is 23.2 Å². The van der Waals surface area contributed by atoms with Crippen LogP contribution < -0.4 is 5.32 Å². The third kappa shape index (κ3) is 4.61. The molecule has 0 radical (unpaired) electrons. The van der Waals surface area contributed by atoms with E-state index in [1.165, 1.54) is 16.9 Å². The van der Waals surface area contributed by atoms with Crippen LogP contribution in [0.2, 0.25) is 10.0 Å². The number of hydrogen-bond acceptors (Lipinski definition) is 4. The Bertz CT molecular complexity index is 969. The molecule has 0 aliphatic carbocycles. The summed E-state index contributed by atoms with van der Waals surface area (Å²) in [4.78, 5) is 16.6. The topological polar surface area (TPSA) is 62.2 Å². The van der Waals surface area contributed by atoms with Crippen LogP contribution in [0.15, 0.2) is 42.5 Å². The van der Waals surface area contributed by atoms with Crippen LogP contribution in [0.1, 0.15) is 30.2 Å². The average molecular weight is 421 g/mol. The monoisotopic (exact) mass is 420 g/mol. The maximum Gasteiger partial charge on any atom is 0.308 e. The standard InChI is InChI=1S/C20H18Cl2N2O2S/c1-11(2)12-6-8-13(9-7-12)19-16(10-17(25)26)27-20(24-19)23-15-5-3-4-14(21)18(15)22/h3-9,11H,10H2,1-2H3,(H,23,24)(H,25,26). The Morgan fingerprint density at radius 3 is 2.52 bits per heavy atom. The van der Waals surface area contributed by atoms with Crippen LogP contribution >= 0.6 is 34.5 Å². The normalized spacial score (nSPS) is 11.0. The number of hydrogen-bond donors (Lipinski definition) is 2. The molecule has 4 nitrogen and oxygen atoms in total. The second-order valence-corrected chi connectivity index (χ2v) is 8.23. The minimum atomic E-state index is -0.897. The lowest BCUT2D eigenvalue weighted by atomic mass is 10.0. The smallest absolute Gasteiger partial charge is 0.308 e. The summed E-state index contributed by atoms with van der Waals surface area (Å²) >= 11 is 13.6. The van der Waals surface area contributed by atoms with Gasteiger partial charge in [-0.3, -0.25) is 4.79 Å². The molecule has 0 amide bonds. The van der Waals surface area contributed by atoms with E-state index in [1.54, 1.807) is 18.2 Å². The van der Waals surface area contributed by atoms with Gasteiger partial charge in [0.05, 0.1) is 27.8 Å². The highest BCUT2D eigenvalue weighted by Gasteiger charge is 2.17. The molecule has 1 heterocycles. The van der Waals surface area contributed by atoms with Crippen LogP contribution in [0, 0.1) is 0 Å². The Morgan fingerprint density at radius 2 is 1.89 bits per heavy atom. The Morgan fingerprint density at radius 1 is 1.19 bits per heavy atom. The van der Waals surface area contributed by atoms with Crippen molar-refractivity contribution < 1.29 is 9.90 Å². The zero-order valence-corrected chi connectivity index (χ0v) is 17.1. The number of nitrogens with zero attached hydrogens (tertiary/aromatic N) is 1. The molecule has 2 N–H and O–H groups in total. The number of aliphatic carboxylic acids is 1. The van der Waals surface area contributed by atoms with Crippen molar-refractivity contribution in [2.24, 2.45) is 0 Å². The Kier molecular flexibility index (Phi) is 6.05. The molecule has 140 valence electrons. The lowest BCUT2D eigenvalue weighted by molar-refractivity contribution is -0.136. The van der Waals surface area contributed by atoms with Gasteiger partial charge in [-0.2, -0.15) is 0 Å². The van der Waals surface area contributed by atoms with Crippen LogP contribution in [0.5, 0.6) is 0 Å². The fraction of sp³-hybridized carbons (Fsp3) is 0.200. The minimum Gasteiger partial charge on any atom is -0.481 e. The van der Waals surface area contributed by atoms with E-state index in [-0.39, 0.29) is 6.42 Å². The number of carbonyl (C=O) groups is 1. The quantitative estimate of drug-likeness (QED) is 0.470. The van der Waals surface area contributed by atoms with Gasteiger partial charge in [0, 0.05) is 10.4 Å². The lowest BCUT2D eigenvalue weighted by Crippen LogP contribution is -1.99. The van der Waals surface area contributed by atoms with Crippen LogP contribution in [0.4, 0.5) is 10.8 Å². The van der Waals surface area contributed by atoms with E-state index in [0.29, 0.717) is 37.4 Å². The van der Waals surface area contributed by atoms with Crippen LogP contribution in [-0.2, 0) is 11.2 Å². The number of anilines is 2.